The molecule has 6 nitrogen and oxygen atoms in total. The molecule has 20 heavy (non-hydrogen) atoms. The Balaban J connectivity index is 1.89. The first-order valence-corrected chi connectivity index (χ1v) is 6.33. The fraction of sp³-hybridized carbons (Fsp3) is 0.231. The summed E-state index contributed by atoms with van der Waals surface area (Å²) in [4.78, 5) is 22.2. The van der Waals surface area contributed by atoms with Crippen molar-refractivity contribution in [2.45, 2.75) is 6.42 Å². The Kier molecular flexibility index (Phi) is 4.47. The number of carbonyl (C=O) groups excluding carboxylic acids is 2. The van der Waals surface area contributed by atoms with Crippen LogP contribution in [0.2, 0.25) is 5.02 Å². The molecular formula is C13H13ClN2O4. The first kappa shape index (κ1) is 14.2. The van der Waals surface area contributed by atoms with Gasteiger partial charge in [-0.15, -0.1) is 0 Å². The molecule has 3 N–H and O–H groups in total. The quantitative estimate of drug-likeness (QED) is 0.654. The number of ether oxygens (including phenoxy) is 1. The number of nitrogens with two attached hydrogens (primary N) is 1. The summed E-state index contributed by atoms with van der Waals surface area (Å²) in [5.41, 5.74) is 5.46. The number of benzene rings is 1. The lowest BCUT2D eigenvalue weighted by molar-refractivity contribution is 0.0468. The van der Waals surface area contributed by atoms with Crippen molar-refractivity contribution in [1.82, 2.24) is 5.32 Å². The fourth-order valence-electron chi connectivity index (χ4n) is 1.63. The van der Waals surface area contributed by atoms with Crippen LogP contribution in [0.15, 0.2) is 28.7 Å². The molecule has 0 radical (unpaired) electrons. The second kappa shape index (κ2) is 6.29. The van der Waals surface area contributed by atoms with E-state index >= 15 is 0 Å². The second-order valence-electron chi connectivity index (χ2n) is 4.07. The number of carbonyl (C=O) groups is 2. The number of urea groups is 1. The van der Waals surface area contributed by atoms with Gasteiger partial charge in [0, 0.05) is 17.0 Å². The predicted octanol–water partition coefficient (Wildman–Crippen LogP) is 2.30. The van der Waals surface area contributed by atoms with Crippen molar-refractivity contribution in [3.8, 4) is 0 Å². The Labute approximate surface area is 119 Å². The molecule has 0 aliphatic rings. The monoisotopic (exact) mass is 296 g/mol. The predicted molar refractivity (Wildman–Crippen MR) is 73.7 cm³/mol. The molecule has 1 aromatic heterocycles. The van der Waals surface area contributed by atoms with E-state index in [1.165, 1.54) is 0 Å². The number of hydrogen-bond acceptors (Lipinski definition) is 4. The molecule has 0 bridgehead atoms. The molecule has 0 saturated heterocycles. The third kappa shape index (κ3) is 3.64. The summed E-state index contributed by atoms with van der Waals surface area (Å²) in [5.74, 6) is -0.443. The number of furan rings is 1. The molecule has 0 aliphatic heterocycles. The molecule has 0 aliphatic carbocycles. The van der Waals surface area contributed by atoms with Crippen molar-refractivity contribution in [1.29, 1.82) is 0 Å². The van der Waals surface area contributed by atoms with E-state index in [0.29, 0.717) is 23.6 Å². The molecule has 7 heteroatoms. The van der Waals surface area contributed by atoms with E-state index in [1.54, 1.807) is 24.3 Å². The smallest absolute Gasteiger partial charge is 0.374 e. The van der Waals surface area contributed by atoms with E-state index in [-0.39, 0.29) is 12.4 Å². The third-order valence-corrected chi connectivity index (χ3v) is 2.77. The van der Waals surface area contributed by atoms with E-state index in [1.807, 2.05) is 0 Å². The van der Waals surface area contributed by atoms with Gasteiger partial charge in [0.1, 0.15) is 5.58 Å². The molecule has 0 saturated carbocycles. The lowest BCUT2D eigenvalue weighted by atomic mass is 10.2. The van der Waals surface area contributed by atoms with Crippen LogP contribution in [0.1, 0.15) is 17.0 Å². The van der Waals surface area contributed by atoms with Crippen molar-refractivity contribution < 1.29 is 18.7 Å². The fourth-order valence-corrected chi connectivity index (χ4v) is 1.82. The molecule has 2 amide bonds. The van der Waals surface area contributed by atoms with E-state index in [4.69, 9.17) is 26.5 Å². The molecule has 0 unspecified atom stereocenters. The summed E-state index contributed by atoms with van der Waals surface area (Å²) in [6.07, 6.45) is 0.473. The number of primary amides is 1. The highest BCUT2D eigenvalue weighted by Gasteiger charge is 2.13. The van der Waals surface area contributed by atoms with Crippen molar-refractivity contribution in [3.05, 3.63) is 35.0 Å². The Hall–Kier alpha value is -2.21. The van der Waals surface area contributed by atoms with Gasteiger partial charge in [-0.05, 0) is 30.7 Å². The summed E-state index contributed by atoms with van der Waals surface area (Å²) < 4.78 is 10.4. The summed E-state index contributed by atoms with van der Waals surface area (Å²) in [6, 6.07) is 6.04. The minimum Gasteiger partial charge on any atom is -0.460 e. The topological polar surface area (TPSA) is 94.6 Å². The highest BCUT2D eigenvalue weighted by molar-refractivity contribution is 6.31. The van der Waals surface area contributed by atoms with E-state index < -0.39 is 12.0 Å². The van der Waals surface area contributed by atoms with E-state index in [9.17, 15) is 9.59 Å². The minimum atomic E-state index is -0.606. The zero-order valence-corrected chi connectivity index (χ0v) is 11.3. The number of halogens is 1. The van der Waals surface area contributed by atoms with Crippen LogP contribution in [0, 0.1) is 0 Å². The number of hydrogen-bond donors (Lipinski definition) is 2. The maximum atomic E-state index is 11.7. The van der Waals surface area contributed by atoms with Gasteiger partial charge in [0.25, 0.3) is 0 Å². The molecule has 106 valence electrons. The van der Waals surface area contributed by atoms with Crippen LogP contribution >= 0.6 is 11.6 Å². The Bertz CT molecular complexity index is 638. The van der Waals surface area contributed by atoms with Crippen LogP contribution in [0.25, 0.3) is 11.0 Å². The van der Waals surface area contributed by atoms with Gasteiger partial charge in [-0.2, -0.15) is 0 Å². The highest BCUT2D eigenvalue weighted by atomic mass is 35.5. The van der Waals surface area contributed by atoms with Gasteiger partial charge in [-0.25, -0.2) is 9.59 Å². The van der Waals surface area contributed by atoms with Gasteiger partial charge in [0.2, 0.25) is 5.76 Å². The normalized spacial score (nSPS) is 10.4. The minimum absolute atomic E-state index is 0.116. The average molecular weight is 297 g/mol. The molecule has 0 fully saturated rings. The molecule has 2 aromatic rings. The Morgan fingerprint density at radius 2 is 2.15 bits per heavy atom. The Morgan fingerprint density at radius 1 is 1.35 bits per heavy atom. The third-order valence-electron chi connectivity index (χ3n) is 2.53. The average Bonchev–Trinajstić information content (AvgIpc) is 2.80. The zero-order chi connectivity index (χ0) is 14.5. The molecule has 1 aromatic carbocycles. The summed E-state index contributed by atoms with van der Waals surface area (Å²) in [5, 5.41) is 3.70. The molecule has 0 spiro atoms. The van der Waals surface area contributed by atoms with Gasteiger partial charge >= 0.3 is 12.0 Å². The number of esters is 1. The van der Waals surface area contributed by atoms with Crippen LogP contribution < -0.4 is 11.1 Å². The van der Waals surface area contributed by atoms with Gasteiger partial charge in [0.05, 0.1) is 6.61 Å². The molecular weight excluding hydrogens is 284 g/mol. The van der Waals surface area contributed by atoms with Crippen LogP contribution in [0.5, 0.6) is 0 Å². The second-order valence-corrected chi connectivity index (χ2v) is 4.51. The van der Waals surface area contributed by atoms with Crippen LogP contribution in [0.3, 0.4) is 0 Å². The van der Waals surface area contributed by atoms with Crippen molar-refractivity contribution in [2.24, 2.45) is 5.73 Å². The molecule has 1 heterocycles. The van der Waals surface area contributed by atoms with E-state index in [2.05, 4.69) is 5.32 Å². The highest BCUT2D eigenvalue weighted by Crippen LogP contribution is 2.23. The van der Waals surface area contributed by atoms with Crippen molar-refractivity contribution in [2.75, 3.05) is 13.2 Å². The van der Waals surface area contributed by atoms with Crippen LogP contribution in [-0.2, 0) is 4.74 Å². The number of fused-ring (bicyclic) bond motifs is 1. The lowest BCUT2D eigenvalue weighted by Gasteiger charge is -2.03. The van der Waals surface area contributed by atoms with Gasteiger partial charge in [-0.3, -0.25) is 0 Å². The maximum absolute atomic E-state index is 11.7. The zero-order valence-electron chi connectivity index (χ0n) is 10.5. The van der Waals surface area contributed by atoms with Crippen molar-refractivity contribution >= 4 is 34.6 Å². The number of amides is 2. The SMILES string of the molecule is NC(=O)NCCCOC(=O)c1cc2cc(Cl)ccc2o1. The first-order valence-electron chi connectivity index (χ1n) is 5.96. The molecule has 0 atom stereocenters. The lowest BCUT2D eigenvalue weighted by Crippen LogP contribution is -2.30. The molecule has 2 rings (SSSR count). The summed E-state index contributed by atoms with van der Waals surface area (Å²) in [7, 11) is 0. The largest absolute Gasteiger partial charge is 0.460 e. The van der Waals surface area contributed by atoms with Gasteiger partial charge < -0.3 is 20.2 Å². The van der Waals surface area contributed by atoms with Crippen LogP contribution in [-0.4, -0.2) is 25.2 Å². The maximum Gasteiger partial charge on any atom is 0.374 e. The first-order chi connectivity index (χ1) is 9.56. The van der Waals surface area contributed by atoms with Crippen LogP contribution in [0.4, 0.5) is 4.79 Å². The van der Waals surface area contributed by atoms with Gasteiger partial charge in [0.15, 0.2) is 0 Å². The standard InChI is InChI=1S/C13H13ClN2O4/c14-9-2-3-10-8(6-9)7-11(20-10)12(17)19-5-1-4-16-13(15)18/h2-3,6-7H,1,4-5H2,(H3,15,16,18). The number of nitrogens with one attached hydrogen (secondary N) is 1. The van der Waals surface area contributed by atoms with E-state index in [0.717, 1.165) is 5.39 Å². The Morgan fingerprint density at radius 3 is 2.90 bits per heavy atom. The van der Waals surface area contributed by atoms with Gasteiger partial charge in [-0.1, -0.05) is 11.6 Å². The summed E-state index contributed by atoms with van der Waals surface area (Å²) >= 11 is 5.85. The number of rotatable bonds is 5. The summed E-state index contributed by atoms with van der Waals surface area (Å²) in [6.45, 7) is 0.509. The van der Waals surface area contributed by atoms with Crippen molar-refractivity contribution in [3.63, 3.8) is 0 Å².